The van der Waals surface area contributed by atoms with Gasteiger partial charge in [0.2, 0.25) is 0 Å². The molecule has 0 aliphatic rings. The van der Waals surface area contributed by atoms with Gasteiger partial charge in [-0.25, -0.2) is 0 Å². The Bertz CT molecular complexity index is 421. The van der Waals surface area contributed by atoms with Gasteiger partial charge in [-0.3, -0.25) is 4.79 Å². The van der Waals surface area contributed by atoms with Crippen LogP contribution in [0.15, 0.2) is 18.2 Å². The normalized spacial score (nSPS) is 11.9. The first-order chi connectivity index (χ1) is 9.08. The average molecular weight is 269 g/mol. The molecule has 0 aliphatic heterocycles. The van der Waals surface area contributed by atoms with Crippen LogP contribution < -0.4 is 10.1 Å². The fraction of sp³-hybridized carbons (Fsp3) is 0.462. The summed E-state index contributed by atoms with van der Waals surface area (Å²) in [5.41, 5.74) is 0.333. The molecule has 1 rings (SSSR count). The zero-order valence-electron chi connectivity index (χ0n) is 11.0. The van der Waals surface area contributed by atoms with E-state index in [0.717, 1.165) is 0 Å². The summed E-state index contributed by atoms with van der Waals surface area (Å²) in [5, 5.41) is 21.6. The second-order valence-corrected chi connectivity index (χ2v) is 4.04. The standard InChI is InChI=1S/C13H19NO5/c1-18-8-10(15)5-6-14-13(17)9-3-4-12(19-2)11(16)7-9/h3-4,7,10,15-16H,5-6,8H2,1-2H3,(H,14,17). The van der Waals surface area contributed by atoms with Crippen LogP contribution in [0.1, 0.15) is 16.8 Å². The zero-order valence-corrected chi connectivity index (χ0v) is 11.0. The first-order valence-corrected chi connectivity index (χ1v) is 5.90. The van der Waals surface area contributed by atoms with Crippen molar-refractivity contribution in [3.63, 3.8) is 0 Å². The van der Waals surface area contributed by atoms with Gasteiger partial charge in [-0.2, -0.15) is 0 Å². The van der Waals surface area contributed by atoms with Crippen molar-refractivity contribution in [1.82, 2.24) is 5.32 Å². The summed E-state index contributed by atoms with van der Waals surface area (Å²) in [7, 11) is 2.94. The SMILES string of the molecule is COCC(O)CCNC(=O)c1ccc(OC)c(O)c1. The van der Waals surface area contributed by atoms with Gasteiger partial charge < -0.3 is 25.0 Å². The Morgan fingerprint density at radius 3 is 2.74 bits per heavy atom. The number of carbonyl (C=O) groups excluding carboxylic acids is 1. The number of hydrogen-bond donors (Lipinski definition) is 3. The molecule has 1 atom stereocenters. The number of hydrogen-bond acceptors (Lipinski definition) is 5. The van der Waals surface area contributed by atoms with Gasteiger partial charge in [0.15, 0.2) is 11.5 Å². The number of methoxy groups -OCH3 is 2. The highest BCUT2D eigenvalue weighted by Gasteiger charge is 2.10. The molecule has 0 aliphatic carbocycles. The fourth-order valence-corrected chi connectivity index (χ4v) is 1.56. The number of aromatic hydroxyl groups is 1. The number of phenols is 1. The molecule has 6 nitrogen and oxygen atoms in total. The molecule has 1 amide bonds. The molecular formula is C13H19NO5. The summed E-state index contributed by atoms with van der Waals surface area (Å²) in [6, 6.07) is 4.41. The molecule has 1 aromatic rings. The first-order valence-electron chi connectivity index (χ1n) is 5.90. The van der Waals surface area contributed by atoms with E-state index in [1.807, 2.05) is 0 Å². The van der Waals surface area contributed by atoms with Crippen molar-refractivity contribution in [1.29, 1.82) is 0 Å². The highest BCUT2D eigenvalue weighted by atomic mass is 16.5. The first kappa shape index (κ1) is 15.3. The van der Waals surface area contributed by atoms with Gasteiger partial charge in [-0.05, 0) is 24.6 Å². The second kappa shape index (κ2) is 7.60. The quantitative estimate of drug-likeness (QED) is 0.672. The molecule has 0 fully saturated rings. The number of amides is 1. The summed E-state index contributed by atoms with van der Waals surface area (Å²) in [4.78, 5) is 11.8. The summed E-state index contributed by atoms with van der Waals surface area (Å²) in [6.07, 6.45) is -0.198. The van der Waals surface area contributed by atoms with Crippen molar-refractivity contribution in [2.45, 2.75) is 12.5 Å². The van der Waals surface area contributed by atoms with E-state index in [2.05, 4.69) is 5.32 Å². The summed E-state index contributed by atoms with van der Waals surface area (Å²) in [5.74, 6) is -0.0933. The van der Waals surface area contributed by atoms with Crippen LogP contribution in [-0.4, -0.2) is 49.6 Å². The minimum Gasteiger partial charge on any atom is -0.504 e. The van der Waals surface area contributed by atoms with E-state index in [1.54, 1.807) is 6.07 Å². The number of aliphatic hydroxyl groups is 1. The molecule has 0 radical (unpaired) electrons. The molecule has 0 spiro atoms. The van der Waals surface area contributed by atoms with Crippen molar-refractivity contribution < 1.29 is 24.5 Å². The van der Waals surface area contributed by atoms with E-state index in [4.69, 9.17) is 9.47 Å². The van der Waals surface area contributed by atoms with Gasteiger partial charge in [-0.1, -0.05) is 0 Å². The Labute approximate surface area is 112 Å². The van der Waals surface area contributed by atoms with Crippen LogP contribution in [0.25, 0.3) is 0 Å². The third-order valence-electron chi connectivity index (χ3n) is 2.56. The molecule has 106 valence electrons. The zero-order chi connectivity index (χ0) is 14.3. The number of rotatable bonds is 7. The van der Waals surface area contributed by atoms with Gasteiger partial charge in [0.25, 0.3) is 5.91 Å². The maximum atomic E-state index is 11.8. The van der Waals surface area contributed by atoms with Crippen molar-refractivity contribution in [3.8, 4) is 11.5 Å². The smallest absolute Gasteiger partial charge is 0.251 e. The number of ether oxygens (including phenoxy) is 2. The van der Waals surface area contributed by atoms with Crippen molar-refractivity contribution in [2.75, 3.05) is 27.4 Å². The van der Waals surface area contributed by atoms with Crippen LogP contribution in [0, 0.1) is 0 Å². The number of carbonyl (C=O) groups is 1. The molecular weight excluding hydrogens is 250 g/mol. The monoisotopic (exact) mass is 269 g/mol. The molecule has 0 aromatic heterocycles. The molecule has 1 unspecified atom stereocenters. The Hall–Kier alpha value is -1.79. The lowest BCUT2D eigenvalue weighted by molar-refractivity contribution is 0.0587. The number of nitrogens with one attached hydrogen (secondary N) is 1. The van der Waals surface area contributed by atoms with Crippen LogP contribution in [0.3, 0.4) is 0 Å². The predicted octanol–water partition coefficient (Wildman–Crippen LogP) is 0.528. The number of benzene rings is 1. The maximum Gasteiger partial charge on any atom is 0.251 e. The van der Waals surface area contributed by atoms with Crippen LogP contribution in [0.4, 0.5) is 0 Å². The molecule has 6 heteroatoms. The van der Waals surface area contributed by atoms with Crippen LogP contribution in [-0.2, 0) is 4.74 Å². The van der Waals surface area contributed by atoms with E-state index in [9.17, 15) is 15.0 Å². The summed E-state index contributed by atoms with van der Waals surface area (Å²) < 4.78 is 9.67. The molecule has 0 heterocycles. The van der Waals surface area contributed by atoms with Gasteiger partial charge in [0.1, 0.15) is 0 Å². The molecule has 19 heavy (non-hydrogen) atoms. The minimum atomic E-state index is -0.602. The topological polar surface area (TPSA) is 88.0 Å². The lowest BCUT2D eigenvalue weighted by Crippen LogP contribution is -2.28. The van der Waals surface area contributed by atoms with E-state index in [-0.39, 0.29) is 18.3 Å². The lowest BCUT2D eigenvalue weighted by atomic mass is 10.2. The van der Waals surface area contributed by atoms with Gasteiger partial charge >= 0.3 is 0 Å². The van der Waals surface area contributed by atoms with Gasteiger partial charge in [-0.15, -0.1) is 0 Å². The Morgan fingerprint density at radius 2 is 2.16 bits per heavy atom. The van der Waals surface area contributed by atoms with Crippen LogP contribution in [0.2, 0.25) is 0 Å². The Morgan fingerprint density at radius 1 is 1.42 bits per heavy atom. The third-order valence-corrected chi connectivity index (χ3v) is 2.56. The van der Waals surface area contributed by atoms with E-state index < -0.39 is 6.10 Å². The lowest BCUT2D eigenvalue weighted by Gasteiger charge is -2.10. The largest absolute Gasteiger partial charge is 0.504 e. The highest BCUT2D eigenvalue weighted by Crippen LogP contribution is 2.25. The van der Waals surface area contributed by atoms with Gasteiger partial charge in [0.05, 0.1) is 19.8 Å². The number of aliphatic hydroxyl groups excluding tert-OH is 1. The van der Waals surface area contributed by atoms with Crippen molar-refractivity contribution in [2.24, 2.45) is 0 Å². The molecule has 3 N–H and O–H groups in total. The molecule has 0 saturated carbocycles. The maximum absolute atomic E-state index is 11.8. The van der Waals surface area contributed by atoms with E-state index >= 15 is 0 Å². The van der Waals surface area contributed by atoms with E-state index in [1.165, 1.54) is 26.4 Å². The van der Waals surface area contributed by atoms with Gasteiger partial charge in [0, 0.05) is 19.2 Å². The Kier molecular flexibility index (Phi) is 6.11. The predicted molar refractivity (Wildman–Crippen MR) is 69.5 cm³/mol. The van der Waals surface area contributed by atoms with Crippen molar-refractivity contribution >= 4 is 5.91 Å². The third kappa shape index (κ3) is 4.76. The summed E-state index contributed by atoms with van der Waals surface area (Å²) >= 11 is 0. The van der Waals surface area contributed by atoms with E-state index in [0.29, 0.717) is 24.3 Å². The minimum absolute atomic E-state index is 0.0884. The highest BCUT2D eigenvalue weighted by molar-refractivity contribution is 5.94. The Balaban J connectivity index is 2.47. The average Bonchev–Trinajstić information content (AvgIpc) is 2.38. The number of phenolic OH excluding ortho intramolecular Hbond substituents is 1. The van der Waals surface area contributed by atoms with Crippen LogP contribution >= 0.6 is 0 Å². The summed E-state index contributed by atoms with van der Waals surface area (Å²) in [6.45, 7) is 0.565. The molecule has 0 saturated heterocycles. The second-order valence-electron chi connectivity index (χ2n) is 4.04. The molecule has 0 bridgehead atoms. The molecule has 1 aromatic carbocycles. The van der Waals surface area contributed by atoms with Crippen molar-refractivity contribution in [3.05, 3.63) is 23.8 Å². The fourth-order valence-electron chi connectivity index (χ4n) is 1.56. The van der Waals surface area contributed by atoms with Crippen LogP contribution in [0.5, 0.6) is 11.5 Å².